The Balaban J connectivity index is 1.34. The highest BCUT2D eigenvalue weighted by molar-refractivity contribution is 14.1. The number of sulfonamides is 1. The van der Waals surface area contributed by atoms with E-state index in [2.05, 4.69) is 47.9 Å². The van der Waals surface area contributed by atoms with Crippen LogP contribution in [0.2, 0.25) is 5.02 Å². The van der Waals surface area contributed by atoms with Gasteiger partial charge in [-0.25, -0.2) is 23.1 Å². The first-order chi connectivity index (χ1) is 17.3. The molecule has 3 N–H and O–H groups in total. The van der Waals surface area contributed by atoms with Gasteiger partial charge in [0, 0.05) is 38.1 Å². The predicted molar refractivity (Wildman–Crippen MR) is 148 cm³/mol. The van der Waals surface area contributed by atoms with E-state index in [1.165, 1.54) is 12.1 Å². The van der Waals surface area contributed by atoms with Crippen molar-refractivity contribution in [1.82, 2.24) is 14.7 Å². The summed E-state index contributed by atoms with van der Waals surface area (Å²) in [5, 5.41) is 6.63. The number of hydrogen-bond acceptors (Lipinski definition) is 6. The first kappa shape index (κ1) is 24.6. The first-order valence-corrected chi connectivity index (χ1v) is 13.8. The van der Waals surface area contributed by atoms with Gasteiger partial charge in [0.25, 0.3) is 0 Å². The molecule has 0 unspecified atom stereocenters. The summed E-state index contributed by atoms with van der Waals surface area (Å²) in [5.41, 5.74) is 4.34. The summed E-state index contributed by atoms with van der Waals surface area (Å²) >= 11 is 8.07. The average molecular weight is 632 g/mol. The molecular weight excluding hydrogens is 613 g/mol. The molecule has 0 saturated heterocycles. The molecule has 36 heavy (non-hydrogen) atoms. The van der Waals surface area contributed by atoms with Crippen molar-refractivity contribution in [3.05, 3.63) is 92.6 Å². The van der Waals surface area contributed by atoms with Gasteiger partial charge in [-0.3, -0.25) is 4.79 Å². The molecule has 4 aromatic rings. The Labute approximate surface area is 226 Å². The van der Waals surface area contributed by atoms with Crippen molar-refractivity contribution in [2.75, 3.05) is 10.6 Å². The van der Waals surface area contributed by atoms with Crippen LogP contribution in [0, 0.1) is 3.57 Å². The van der Waals surface area contributed by atoms with Crippen LogP contribution in [0.5, 0.6) is 0 Å². The van der Waals surface area contributed by atoms with Crippen molar-refractivity contribution >= 4 is 67.4 Å². The lowest BCUT2D eigenvalue weighted by Crippen LogP contribution is -2.23. The molecule has 182 valence electrons. The maximum Gasteiger partial charge on any atom is 0.240 e. The van der Waals surface area contributed by atoms with Gasteiger partial charge in [0.15, 0.2) is 0 Å². The first-order valence-electron chi connectivity index (χ1n) is 10.8. The van der Waals surface area contributed by atoms with Crippen LogP contribution >= 0.6 is 34.2 Å². The Bertz CT molecular complexity index is 1560. The maximum absolute atomic E-state index is 12.7. The summed E-state index contributed by atoms with van der Waals surface area (Å²) in [6.07, 6.45) is 1.81. The van der Waals surface area contributed by atoms with E-state index in [0.717, 1.165) is 20.3 Å². The third-order valence-electron chi connectivity index (χ3n) is 5.53. The molecule has 8 nitrogen and oxygen atoms in total. The summed E-state index contributed by atoms with van der Waals surface area (Å²) in [6.45, 7) is 0.153. The average Bonchev–Trinajstić information content (AvgIpc) is 2.98. The normalized spacial score (nSPS) is 12.8. The van der Waals surface area contributed by atoms with Crippen molar-refractivity contribution in [3.8, 4) is 11.3 Å². The molecule has 0 aliphatic carbocycles. The summed E-state index contributed by atoms with van der Waals surface area (Å²) in [6, 6.07) is 19.1. The minimum absolute atomic E-state index is 0.122. The standard InChI is InChI=1S/C25H19ClIN5O3S/c26-17-3-1-15(2-4-17)13-29-36(34,35)20-8-6-19(7-9-20)30-25-28-14-16-11-23(33)31-22-12-18(27)5-10-21(22)24(16)32-25/h1-10,12,14,29H,11,13H2,(H,31,33)(H,28,30,32). The Morgan fingerprint density at radius 2 is 1.78 bits per heavy atom. The Hall–Kier alpha value is -3.06. The largest absolute Gasteiger partial charge is 0.325 e. The molecule has 0 bridgehead atoms. The number of fused-ring (bicyclic) bond motifs is 3. The molecule has 1 aliphatic rings. The second-order valence-electron chi connectivity index (χ2n) is 8.08. The third kappa shape index (κ3) is 5.51. The Morgan fingerprint density at radius 1 is 1.03 bits per heavy atom. The van der Waals surface area contributed by atoms with Crippen LogP contribution in [0.25, 0.3) is 11.3 Å². The number of nitrogens with one attached hydrogen (secondary N) is 3. The van der Waals surface area contributed by atoms with Crippen LogP contribution < -0.4 is 15.4 Å². The molecule has 0 spiro atoms. The molecule has 3 aromatic carbocycles. The van der Waals surface area contributed by atoms with Gasteiger partial charge in [0.05, 0.1) is 22.7 Å². The van der Waals surface area contributed by atoms with Crippen LogP contribution in [0.1, 0.15) is 11.1 Å². The molecule has 0 fully saturated rings. The fourth-order valence-electron chi connectivity index (χ4n) is 3.73. The van der Waals surface area contributed by atoms with Gasteiger partial charge in [-0.15, -0.1) is 0 Å². The van der Waals surface area contributed by atoms with Crippen LogP contribution in [0.15, 0.2) is 77.8 Å². The van der Waals surface area contributed by atoms with Gasteiger partial charge in [0.1, 0.15) is 0 Å². The van der Waals surface area contributed by atoms with Crippen LogP contribution in [-0.4, -0.2) is 24.3 Å². The van der Waals surface area contributed by atoms with Gasteiger partial charge < -0.3 is 10.6 Å². The number of carbonyl (C=O) groups is 1. The van der Waals surface area contributed by atoms with Crippen molar-refractivity contribution in [1.29, 1.82) is 0 Å². The molecule has 11 heteroatoms. The van der Waals surface area contributed by atoms with Crippen LogP contribution in [-0.2, 0) is 27.8 Å². The number of halogens is 2. The summed E-state index contributed by atoms with van der Waals surface area (Å²) in [7, 11) is -3.70. The lowest BCUT2D eigenvalue weighted by Gasteiger charge is -2.11. The SMILES string of the molecule is O=C1Cc2cnc(Nc3ccc(S(=O)(=O)NCc4ccc(Cl)cc4)cc3)nc2-c2ccc(I)cc2N1. The highest BCUT2D eigenvalue weighted by atomic mass is 127. The van der Waals surface area contributed by atoms with Gasteiger partial charge in [-0.2, -0.15) is 0 Å². The number of benzene rings is 3. The lowest BCUT2D eigenvalue weighted by molar-refractivity contribution is -0.115. The van der Waals surface area contributed by atoms with E-state index in [4.69, 9.17) is 11.6 Å². The van der Waals surface area contributed by atoms with E-state index in [1.54, 1.807) is 42.6 Å². The fraction of sp³-hybridized carbons (Fsp3) is 0.0800. The van der Waals surface area contributed by atoms with Crippen molar-refractivity contribution in [2.24, 2.45) is 0 Å². The summed E-state index contributed by atoms with van der Waals surface area (Å²) < 4.78 is 29.0. The zero-order chi connectivity index (χ0) is 25.3. The van der Waals surface area contributed by atoms with Gasteiger partial charge in [-0.1, -0.05) is 23.7 Å². The zero-order valence-corrected chi connectivity index (χ0v) is 22.4. The zero-order valence-electron chi connectivity index (χ0n) is 18.6. The third-order valence-corrected chi connectivity index (χ3v) is 7.87. The second kappa shape index (κ2) is 10.1. The molecule has 0 radical (unpaired) electrons. The smallest absolute Gasteiger partial charge is 0.240 e. The van der Waals surface area contributed by atoms with Crippen LogP contribution in [0.4, 0.5) is 17.3 Å². The number of aromatic nitrogens is 2. The lowest BCUT2D eigenvalue weighted by atomic mass is 10.1. The van der Waals surface area contributed by atoms with Gasteiger partial charge >= 0.3 is 0 Å². The molecular formula is C25H19ClIN5O3S. The van der Waals surface area contributed by atoms with E-state index in [1.807, 2.05) is 18.2 Å². The Kier molecular flexibility index (Phi) is 6.93. The van der Waals surface area contributed by atoms with E-state index < -0.39 is 10.0 Å². The van der Waals surface area contributed by atoms with Crippen molar-refractivity contribution < 1.29 is 13.2 Å². The van der Waals surface area contributed by atoms with E-state index in [9.17, 15) is 13.2 Å². The van der Waals surface area contributed by atoms with E-state index in [-0.39, 0.29) is 23.8 Å². The van der Waals surface area contributed by atoms with Crippen molar-refractivity contribution in [3.63, 3.8) is 0 Å². The highest BCUT2D eigenvalue weighted by Crippen LogP contribution is 2.34. The Morgan fingerprint density at radius 3 is 2.53 bits per heavy atom. The van der Waals surface area contributed by atoms with Crippen molar-refractivity contribution in [2.45, 2.75) is 17.9 Å². The molecule has 1 aromatic heterocycles. The monoisotopic (exact) mass is 631 g/mol. The minimum atomic E-state index is -3.70. The molecule has 2 heterocycles. The van der Waals surface area contributed by atoms with Gasteiger partial charge in [0.2, 0.25) is 21.9 Å². The number of anilines is 3. The summed E-state index contributed by atoms with van der Waals surface area (Å²) in [5.74, 6) is 0.215. The molecule has 1 amide bonds. The molecule has 5 rings (SSSR count). The number of carbonyl (C=O) groups excluding carboxylic acids is 1. The topological polar surface area (TPSA) is 113 Å². The highest BCUT2D eigenvalue weighted by Gasteiger charge is 2.21. The number of rotatable bonds is 6. The quantitative estimate of drug-likeness (QED) is 0.255. The second-order valence-corrected chi connectivity index (χ2v) is 11.5. The summed E-state index contributed by atoms with van der Waals surface area (Å²) in [4.78, 5) is 21.5. The molecule has 0 saturated carbocycles. The number of nitrogens with zero attached hydrogens (tertiary/aromatic N) is 2. The molecule has 0 atom stereocenters. The predicted octanol–water partition coefficient (Wildman–Crippen LogP) is 5.12. The maximum atomic E-state index is 12.7. The minimum Gasteiger partial charge on any atom is -0.325 e. The van der Waals surface area contributed by atoms with Crippen LogP contribution in [0.3, 0.4) is 0 Å². The fourth-order valence-corrected chi connectivity index (χ4v) is 5.37. The molecule has 1 aliphatic heterocycles. The van der Waals surface area contributed by atoms with Gasteiger partial charge in [-0.05, 0) is 82.8 Å². The van der Waals surface area contributed by atoms with E-state index in [0.29, 0.717) is 28.0 Å². The number of amides is 1. The van der Waals surface area contributed by atoms with E-state index >= 15 is 0 Å². The number of hydrogen-bond donors (Lipinski definition) is 3.